The summed E-state index contributed by atoms with van der Waals surface area (Å²) >= 11 is 5.85. The van der Waals surface area contributed by atoms with E-state index in [-0.39, 0.29) is 22.6 Å². The molecule has 1 fully saturated rings. The topological polar surface area (TPSA) is 38.3 Å². The Kier molecular flexibility index (Phi) is 4.93. The fourth-order valence-corrected chi connectivity index (χ4v) is 2.13. The van der Waals surface area contributed by atoms with Crippen molar-refractivity contribution < 1.29 is 13.9 Å². The molecule has 0 spiro atoms. The Balaban J connectivity index is 1.88. The van der Waals surface area contributed by atoms with Gasteiger partial charge in [0.2, 0.25) is 5.91 Å². The average Bonchev–Trinajstić information content (AvgIpc) is 2.89. The second-order valence-electron chi connectivity index (χ2n) is 4.35. The van der Waals surface area contributed by atoms with E-state index in [1.807, 2.05) is 0 Å². The molecular weight excluding hydrogens is 269 g/mol. The van der Waals surface area contributed by atoms with Gasteiger partial charge in [-0.15, -0.1) is 0 Å². The molecule has 1 amide bonds. The van der Waals surface area contributed by atoms with E-state index in [1.165, 1.54) is 24.3 Å². The molecule has 0 saturated carbocycles. The van der Waals surface area contributed by atoms with E-state index in [9.17, 15) is 9.18 Å². The quantitative estimate of drug-likeness (QED) is 0.863. The Bertz CT molecular complexity index is 464. The number of carbonyl (C=O) groups is 1. The van der Waals surface area contributed by atoms with Crippen LogP contribution in [0.25, 0.3) is 6.08 Å². The molecule has 1 heterocycles. The molecule has 1 atom stereocenters. The summed E-state index contributed by atoms with van der Waals surface area (Å²) < 4.78 is 18.8. The van der Waals surface area contributed by atoms with Crippen molar-refractivity contribution in [2.24, 2.45) is 0 Å². The van der Waals surface area contributed by atoms with Gasteiger partial charge in [0, 0.05) is 24.8 Å². The number of rotatable bonds is 4. The van der Waals surface area contributed by atoms with Crippen molar-refractivity contribution in [3.63, 3.8) is 0 Å². The van der Waals surface area contributed by atoms with Crippen LogP contribution < -0.4 is 5.32 Å². The van der Waals surface area contributed by atoms with Gasteiger partial charge in [0.05, 0.1) is 11.1 Å². The Hall–Kier alpha value is -1.39. The highest BCUT2D eigenvalue weighted by Crippen LogP contribution is 2.20. The first-order valence-electron chi connectivity index (χ1n) is 6.18. The number of amides is 1. The number of carbonyl (C=O) groups excluding carboxylic acids is 1. The second kappa shape index (κ2) is 6.68. The van der Waals surface area contributed by atoms with E-state index in [2.05, 4.69) is 5.32 Å². The summed E-state index contributed by atoms with van der Waals surface area (Å²) in [6.45, 7) is 1.23. The monoisotopic (exact) mass is 283 g/mol. The van der Waals surface area contributed by atoms with E-state index in [1.54, 1.807) is 6.07 Å². The molecule has 1 aromatic rings. The lowest BCUT2D eigenvalue weighted by molar-refractivity contribution is -0.116. The molecule has 5 heteroatoms. The van der Waals surface area contributed by atoms with Crippen molar-refractivity contribution in [1.29, 1.82) is 0 Å². The molecular formula is C14H15ClFNO2. The molecule has 0 radical (unpaired) electrons. The molecule has 1 saturated heterocycles. The molecule has 2 rings (SSSR count). The number of hydrogen-bond donors (Lipinski definition) is 1. The Morgan fingerprint density at radius 2 is 2.42 bits per heavy atom. The fraction of sp³-hybridized carbons (Fsp3) is 0.357. The van der Waals surface area contributed by atoms with Crippen LogP contribution in [0.2, 0.25) is 5.02 Å². The third-order valence-electron chi connectivity index (χ3n) is 2.93. The smallest absolute Gasteiger partial charge is 0.244 e. The summed E-state index contributed by atoms with van der Waals surface area (Å²) in [5, 5.41) is 3.00. The number of ether oxygens (including phenoxy) is 1. The number of nitrogens with one attached hydrogen (secondary N) is 1. The lowest BCUT2D eigenvalue weighted by Crippen LogP contribution is -2.30. The summed E-state index contributed by atoms with van der Waals surface area (Å²) in [4.78, 5) is 11.6. The van der Waals surface area contributed by atoms with Crippen LogP contribution >= 0.6 is 11.6 Å². The zero-order valence-corrected chi connectivity index (χ0v) is 11.1. The lowest BCUT2D eigenvalue weighted by Gasteiger charge is -2.08. The van der Waals surface area contributed by atoms with Gasteiger partial charge < -0.3 is 10.1 Å². The zero-order valence-electron chi connectivity index (χ0n) is 10.4. The van der Waals surface area contributed by atoms with E-state index in [0.717, 1.165) is 19.4 Å². The van der Waals surface area contributed by atoms with Crippen molar-refractivity contribution in [3.05, 3.63) is 40.7 Å². The van der Waals surface area contributed by atoms with Crippen molar-refractivity contribution in [3.8, 4) is 0 Å². The minimum atomic E-state index is -0.448. The first-order chi connectivity index (χ1) is 9.16. The van der Waals surface area contributed by atoms with Crippen LogP contribution in [-0.2, 0) is 9.53 Å². The average molecular weight is 284 g/mol. The molecule has 0 aromatic heterocycles. The van der Waals surface area contributed by atoms with Crippen LogP contribution in [0.3, 0.4) is 0 Å². The molecule has 0 bridgehead atoms. The molecule has 102 valence electrons. The van der Waals surface area contributed by atoms with Gasteiger partial charge in [-0.25, -0.2) is 4.39 Å². The maximum absolute atomic E-state index is 13.4. The van der Waals surface area contributed by atoms with E-state index in [4.69, 9.17) is 16.3 Å². The van der Waals surface area contributed by atoms with Gasteiger partial charge in [-0.05, 0) is 31.1 Å². The highest BCUT2D eigenvalue weighted by molar-refractivity contribution is 6.32. The largest absolute Gasteiger partial charge is 0.376 e. The third kappa shape index (κ3) is 4.04. The predicted molar refractivity (Wildman–Crippen MR) is 72.4 cm³/mol. The van der Waals surface area contributed by atoms with Crippen LogP contribution in [0.5, 0.6) is 0 Å². The van der Waals surface area contributed by atoms with Crippen molar-refractivity contribution in [1.82, 2.24) is 5.32 Å². The fourth-order valence-electron chi connectivity index (χ4n) is 1.91. The van der Waals surface area contributed by atoms with Crippen LogP contribution in [0.1, 0.15) is 18.4 Å². The lowest BCUT2D eigenvalue weighted by atomic mass is 10.2. The standard InChI is InChI=1S/C14H15ClFNO2/c15-12-4-1-5-13(16)11(12)6-7-14(18)17-9-10-3-2-8-19-10/h1,4-7,10H,2-3,8-9H2,(H,17,18)/b7-6+/t10-/m0/s1. The first-order valence-corrected chi connectivity index (χ1v) is 6.56. The summed E-state index contributed by atoms with van der Waals surface area (Å²) in [6.07, 6.45) is 4.74. The van der Waals surface area contributed by atoms with Gasteiger partial charge in [0.25, 0.3) is 0 Å². The normalized spacial score (nSPS) is 18.9. The molecule has 1 aliphatic rings. The van der Waals surface area contributed by atoms with E-state index >= 15 is 0 Å². The molecule has 0 aliphatic carbocycles. The van der Waals surface area contributed by atoms with Gasteiger partial charge in [-0.1, -0.05) is 17.7 Å². The summed E-state index contributed by atoms with van der Waals surface area (Å²) in [5.74, 6) is -0.731. The predicted octanol–water partition coefficient (Wildman–Crippen LogP) is 2.79. The van der Waals surface area contributed by atoms with Crippen LogP contribution in [0, 0.1) is 5.82 Å². The maximum atomic E-state index is 13.4. The maximum Gasteiger partial charge on any atom is 0.244 e. The molecule has 1 aliphatic heterocycles. The Morgan fingerprint density at radius 3 is 3.11 bits per heavy atom. The Labute approximate surface area is 116 Å². The number of hydrogen-bond acceptors (Lipinski definition) is 2. The molecule has 3 nitrogen and oxygen atoms in total. The third-order valence-corrected chi connectivity index (χ3v) is 3.26. The van der Waals surface area contributed by atoms with Gasteiger partial charge in [-0.3, -0.25) is 4.79 Å². The van der Waals surface area contributed by atoms with Crippen LogP contribution in [-0.4, -0.2) is 25.2 Å². The van der Waals surface area contributed by atoms with E-state index < -0.39 is 5.82 Å². The summed E-state index contributed by atoms with van der Waals surface area (Å²) in [5.41, 5.74) is 0.219. The molecule has 19 heavy (non-hydrogen) atoms. The number of benzene rings is 1. The SMILES string of the molecule is O=C(/C=C/c1c(F)cccc1Cl)NC[C@@H]1CCCO1. The minimum absolute atomic E-state index is 0.0920. The van der Waals surface area contributed by atoms with Crippen molar-refractivity contribution in [2.45, 2.75) is 18.9 Å². The van der Waals surface area contributed by atoms with Crippen LogP contribution in [0.4, 0.5) is 4.39 Å². The second-order valence-corrected chi connectivity index (χ2v) is 4.76. The van der Waals surface area contributed by atoms with E-state index in [0.29, 0.717) is 6.54 Å². The van der Waals surface area contributed by atoms with Crippen LogP contribution in [0.15, 0.2) is 24.3 Å². The zero-order chi connectivity index (χ0) is 13.7. The minimum Gasteiger partial charge on any atom is -0.376 e. The van der Waals surface area contributed by atoms with Crippen molar-refractivity contribution >= 4 is 23.6 Å². The van der Waals surface area contributed by atoms with Gasteiger partial charge in [-0.2, -0.15) is 0 Å². The summed E-state index contributed by atoms with van der Waals surface area (Å²) in [7, 11) is 0. The van der Waals surface area contributed by atoms with Gasteiger partial charge in [0.15, 0.2) is 0 Å². The summed E-state index contributed by atoms with van der Waals surface area (Å²) in [6, 6.07) is 4.40. The molecule has 1 N–H and O–H groups in total. The first kappa shape index (κ1) is 14.0. The molecule has 0 unspecified atom stereocenters. The Morgan fingerprint density at radius 1 is 1.58 bits per heavy atom. The highest BCUT2D eigenvalue weighted by atomic mass is 35.5. The van der Waals surface area contributed by atoms with Gasteiger partial charge >= 0.3 is 0 Å². The van der Waals surface area contributed by atoms with Crippen molar-refractivity contribution in [2.75, 3.05) is 13.2 Å². The number of halogens is 2. The molecule has 1 aromatic carbocycles. The van der Waals surface area contributed by atoms with Gasteiger partial charge in [0.1, 0.15) is 5.82 Å². The highest BCUT2D eigenvalue weighted by Gasteiger charge is 2.15.